The van der Waals surface area contributed by atoms with Crippen molar-refractivity contribution in [1.29, 1.82) is 0 Å². The van der Waals surface area contributed by atoms with Crippen LogP contribution >= 0.6 is 0 Å². The molecule has 3 heterocycles. The topological polar surface area (TPSA) is 109 Å². The minimum atomic E-state index is -0.453. The first-order valence-electron chi connectivity index (χ1n) is 11.8. The Morgan fingerprint density at radius 2 is 2.06 bits per heavy atom. The van der Waals surface area contributed by atoms with Crippen LogP contribution < -0.4 is 4.74 Å². The molecule has 9 heteroatoms. The van der Waals surface area contributed by atoms with Gasteiger partial charge < -0.3 is 19.6 Å². The van der Waals surface area contributed by atoms with Crippen LogP contribution in [0.15, 0.2) is 30.9 Å². The fourth-order valence-electron chi connectivity index (χ4n) is 3.70. The van der Waals surface area contributed by atoms with Crippen LogP contribution in [0.25, 0.3) is 0 Å². The van der Waals surface area contributed by atoms with Gasteiger partial charge in [-0.25, -0.2) is 9.97 Å². The average Bonchev–Trinajstić information content (AvgIpc) is 2.85. The van der Waals surface area contributed by atoms with Crippen molar-refractivity contribution in [1.82, 2.24) is 24.8 Å². The van der Waals surface area contributed by atoms with Crippen LogP contribution in [0.3, 0.4) is 0 Å². The van der Waals surface area contributed by atoms with Crippen LogP contribution in [-0.4, -0.2) is 80.6 Å². The average molecular weight is 480 g/mol. The molecule has 0 radical (unpaired) electrons. The Bertz CT molecular complexity index is 1100. The molecule has 2 amide bonds. The summed E-state index contributed by atoms with van der Waals surface area (Å²) in [4.78, 5) is 41.9. The number of hydrogen-bond donors (Lipinski definition) is 1. The van der Waals surface area contributed by atoms with Crippen molar-refractivity contribution in [2.75, 3.05) is 26.7 Å². The smallest absolute Gasteiger partial charge is 0.273 e. The number of aliphatic hydroxyl groups excluding tert-OH is 1. The lowest BCUT2D eigenvalue weighted by Gasteiger charge is -2.37. The van der Waals surface area contributed by atoms with E-state index in [0.29, 0.717) is 23.6 Å². The third-order valence-corrected chi connectivity index (χ3v) is 5.85. The molecule has 186 valence electrons. The standard InChI is InChI=1S/C26H33N5O4/c1-17(2)7-6-8-20-11-21-24(29-12-20)35-23(18(3)14-31(25(21)33)19(4)16-32)15-30(5)26(34)22-13-27-9-10-28-22/h9-13,17-19,23,32H,7,14-16H2,1-5H3/t18-,19+,23-/m1/s1. The Balaban J connectivity index is 1.93. The molecule has 2 aromatic heterocycles. The van der Waals surface area contributed by atoms with E-state index in [2.05, 4.69) is 40.6 Å². The van der Waals surface area contributed by atoms with Crippen molar-refractivity contribution < 1.29 is 19.4 Å². The molecule has 1 aliphatic heterocycles. The van der Waals surface area contributed by atoms with Crippen LogP contribution in [-0.2, 0) is 0 Å². The van der Waals surface area contributed by atoms with Gasteiger partial charge in [0.15, 0.2) is 0 Å². The number of nitrogens with zero attached hydrogens (tertiary/aromatic N) is 5. The molecule has 0 aliphatic carbocycles. The predicted octanol–water partition coefficient (Wildman–Crippen LogP) is 2.26. The summed E-state index contributed by atoms with van der Waals surface area (Å²) in [5, 5.41) is 9.81. The lowest BCUT2D eigenvalue weighted by atomic mass is 9.99. The van der Waals surface area contributed by atoms with E-state index in [9.17, 15) is 14.7 Å². The Labute approximate surface area is 206 Å². The summed E-state index contributed by atoms with van der Waals surface area (Å²) in [6.07, 6.45) is 6.28. The van der Waals surface area contributed by atoms with Crippen molar-refractivity contribution in [3.05, 3.63) is 47.7 Å². The third-order valence-electron chi connectivity index (χ3n) is 5.85. The summed E-state index contributed by atoms with van der Waals surface area (Å²) in [6.45, 7) is 8.35. The molecule has 1 aliphatic rings. The molecule has 0 saturated carbocycles. The molecule has 9 nitrogen and oxygen atoms in total. The summed E-state index contributed by atoms with van der Waals surface area (Å²) in [6, 6.07) is 1.29. The second-order valence-corrected chi connectivity index (χ2v) is 9.38. The third kappa shape index (κ3) is 6.55. The second kappa shape index (κ2) is 11.8. The summed E-state index contributed by atoms with van der Waals surface area (Å²) in [5.74, 6) is 6.12. The molecular formula is C26H33N5O4. The maximum atomic E-state index is 13.5. The molecule has 2 aromatic rings. The highest BCUT2D eigenvalue weighted by Crippen LogP contribution is 2.27. The number of fused-ring (bicyclic) bond motifs is 1. The Morgan fingerprint density at radius 1 is 1.29 bits per heavy atom. The molecule has 0 saturated heterocycles. The van der Waals surface area contributed by atoms with Crippen molar-refractivity contribution >= 4 is 11.8 Å². The number of ether oxygens (including phenoxy) is 1. The largest absolute Gasteiger partial charge is 0.472 e. The molecule has 0 fully saturated rings. The highest BCUT2D eigenvalue weighted by atomic mass is 16.5. The van der Waals surface area contributed by atoms with Gasteiger partial charge in [0.1, 0.15) is 17.4 Å². The summed E-state index contributed by atoms with van der Waals surface area (Å²) >= 11 is 0. The molecule has 35 heavy (non-hydrogen) atoms. The number of likely N-dealkylation sites (N-methyl/N-ethyl adjacent to an activating group) is 1. The number of carbonyl (C=O) groups excluding carboxylic acids is 2. The highest BCUT2D eigenvalue weighted by molar-refractivity contribution is 5.97. The van der Waals surface area contributed by atoms with Gasteiger partial charge in [-0.3, -0.25) is 14.6 Å². The van der Waals surface area contributed by atoms with Crippen LogP contribution in [0.5, 0.6) is 5.88 Å². The van der Waals surface area contributed by atoms with Crippen LogP contribution in [0.2, 0.25) is 0 Å². The molecule has 3 atom stereocenters. The zero-order chi connectivity index (χ0) is 25.5. The zero-order valence-electron chi connectivity index (χ0n) is 20.9. The van der Waals surface area contributed by atoms with Gasteiger partial charge in [-0.15, -0.1) is 0 Å². The number of rotatable bonds is 6. The van der Waals surface area contributed by atoms with Gasteiger partial charge in [-0.05, 0) is 18.9 Å². The van der Waals surface area contributed by atoms with Gasteiger partial charge in [0, 0.05) is 50.1 Å². The molecule has 0 bridgehead atoms. The minimum absolute atomic E-state index is 0.148. The maximum Gasteiger partial charge on any atom is 0.273 e. The van der Waals surface area contributed by atoms with Gasteiger partial charge >= 0.3 is 0 Å². The number of hydrogen-bond acceptors (Lipinski definition) is 7. The lowest BCUT2D eigenvalue weighted by Crippen LogP contribution is -2.50. The van der Waals surface area contributed by atoms with E-state index in [-0.39, 0.29) is 42.5 Å². The van der Waals surface area contributed by atoms with Gasteiger partial charge in [0.2, 0.25) is 5.88 Å². The van der Waals surface area contributed by atoms with Crippen molar-refractivity contribution in [2.24, 2.45) is 11.8 Å². The first-order valence-corrected chi connectivity index (χ1v) is 11.8. The van der Waals surface area contributed by atoms with Crippen LogP contribution in [0.4, 0.5) is 0 Å². The minimum Gasteiger partial charge on any atom is -0.472 e. The van der Waals surface area contributed by atoms with Crippen molar-refractivity contribution in [3.63, 3.8) is 0 Å². The van der Waals surface area contributed by atoms with Crippen LogP contribution in [0.1, 0.15) is 60.5 Å². The molecule has 0 spiro atoms. The van der Waals surface area contributed by atoms with E-state index in [1.165, 1.54) is 23.5 Å². The maximum absolute atomic E-state index is 13.5. The normalized spacial score (nSPS) is 18.5. The monoisotopic (exact) mass is 479 g/mol. The number of pyridine rings is 1. The number of aromatic nitrogens is 3. The van der Waals surface area contributed by atoms with E-state index in [1.807, 2.05) is 6.92 Å². The van der Waals surface area contributed by atoms with E-state index < -0.39 is 12.1 Å². The zero-order valence-corrected chi connectivity index (χ0v) is 20.9. The fourth-order valence-corrected chi connectivity index (χ4v) is 3.70. The first-order chi connectivity index (χ1) is 16.7. The van der Waals surface area contributed by atoms with Gasteiger partial charge in [0.25, 0.3) is 11.8 Å². The van der Waals surface area contributed by atoms with Gasteiger partial charge in [0.05, 0.1) is 25.4 Å². The number of aliphatic hydroxyl groups is 1. The number of amides is 2. The van der Waals surface area contributed by atoms with Crippen molar-refractivity contribution in [2.45, 2.75) is 46.3 Å². The fraction of sp³-hybridized carbons (Fsp3) is 0.500. The summed E-state index contributed by atoms with van der Waals surface area (Å²) in [7, 11) is 1.67. The molecule has 0 aromatic carbocycles. The van der Waals surface area contributed by atoms with Crippen LogP contribution in [0, 0.1) is 23.7 Å². The molecular weight excluding hydrogens is 446 g/mol. The SMILES string of the molecule is CC(C)CC#Cc1cnc2c(c1)C(=O)N([C@@H](C)CO)C[C@@H](C)[C@@H](CN(C)C(=O)c1cnccn1)O2. The summed E-state index contributed by atoms with van der Waals surface area (Å²) < 4.78 is 6.24. The van der Waals surface area contributed by atoms with E-state index in [4.69, 9.17) is 4.74 Å². The first kappa shape index (κ1) is 26.1. The molecule has 3 rings (SSSR count). The summed E-state index contributed by atoms with van der Waals surface area (Å²) in [5.41, 5.74) is 1.15. The van der Waals surface area contributed by atoms with Gasteiger partial charge in [-0.1, -0.05) is 32.6 Å². The second-order valence-electron chi connectivity index (χ2n) is 9.38. The molecule has 1 N–H and O–H groups in total. The van der Waals surface area contributed by atoms with E-state index in [1.54, 1.807) is 31.1 Å². The van der Waals surface area contributed by atoms with Crippen molar-refractivity contribution in [3.8, 4) is 17.7 Å². The Morgan fingerprint density at radius 3 is 2.71 bits per heavy atom. The Kier molecular flexibility index (Phi) is 8.77. The molecule has 0 unspecified atom stereocenters. The predicted molar refractivity (Wildman–Crippen MR) is 131 cm³/mol. The Hall–Kier alpha value is -3.51. The van der Waals surface area contributed by atoms with E-state index >= 15 is 0 Å². The highest BCUT2D eigenvalue weighted by Gasteiger charge is 2.34. The number of carbonyl (C=O) groups is 2. The van der Waals surface area contributed by atoms with E-state index in [0.717, 1.165) is 6.42 Å². The van der Waals surface area contributed by atoms with Gasteiger partial charge in [-0.2, -0.15) is 0 Å². The quantitative estimate of drug-likeness (QED) is 0.633. The lowest BCUT2D eigenvalue weighted by molar-refractivity contribution is 0.0312.